The molecule has 1 aliphatic rings. The molecule has 2 atom stereocenters. The Hall–Kier alpha value is -0.860. The smallest absolute Gasteiger partial charge is 0.254 e. The molecule has 1 aliphatic carbocycles. The quantitative estimate of drug-likeness (QED) is 0.879. The van der Waals surface area contributed by atoms with E-state index >= 15 is 0 Å². The molecule has 1 aromatic carbocycles. The average molecular weight is 368 g/mol. The van der Waals surface area contributed by atoms with E-state index in [2.05, 4.69) is 20.9 Å². The number of ether oxygens (including phenoxy) is 1. The van der Waals surface area contributed by atoms with Gasteiger partial charge in [-0.05, 0) is 15.9 Å². The second kappa shape index (κ2) is 4.85. The van der Waals surface area contributed by atoms with Crippen molar-refractivity contribution in [3.8, 4) is 5.75 Å². The lowest BCUT2D eigenvalue weighted by Crippen LogP contribution is -2.26. The standard InChI is InChI=1S/C12H9BrF3NO2S/c13-11-17-6-1-5(14)8(2-10(6)20-11)19-9-4-12(15,16)3-7(9)18/h1-2,7,9,18H,3-4H2/t7-,9+/m1/s1. The molecule has 0 bridgehead atoms. The number of hydrogen-bond acceptors (Lipinski definition) is 4. The van der Waals surface area contributed by atoms with Crippen LogP contribution in [-0.4, -0.2) is 28.2 Å². The molecule has 1 aromatic heterocycles. The van der Waals surface area contributed by atoms with Gasteiger partial charge in [-0.25, -0.2) is 18.2 Å². The lowest BCUT2D eigenvalue weighted by molar-refractivity contribution is -0.00491. The van der Waals surface area contributed by atoms with Crippen LogP contribution in [0.4, 0.5) is 13.2 Å². The van der Waals surface area contributed by atoms with Crippen molar-refractivity contribution in [3.05, 3.63) is 21.9 Å². The van der Waals surface area contributed by atoms with Crippen LogP contribution in [0.2, 0.25) is 0 Å². The predicted octanol–water partition coefficient (Wildman–Crippen LogP) is 3.74. The van der Waals surface area contributed by atoms with E-state index in [1.54, 1.807) is 0 Å². The molecule has 0 amide bonds. The van der Waals surface area contributed by atoms with Crippen LogP contribution >= 0.6 is 27.3 Å². The largest absolute Gasteiger partial charge is 0.484 e. The molecule has 1 fully saturated rings. The molecule has 2 aromatic rings. The van der Waals surface area contributed by atoms with E-state index in [1.165, 1.54) is 23.5 Å². The fraction of sp³-hybridized carbons (Fsp3) is 0.417. The fourth-order valence-corrected chi connectivity index (χ4v) is 3.64. The highest BCUT2D eigenvalue weighted by atomic mass is 79.9. The van der Waals surface area contributed by atoms with Gasteiger partial charge in [-0.2, -0.15) is 0 Å². The first-order valence-electron chi connectivity index (χ1n) is 5.82. The van der Waals surface area contributed by atoms with Crippen molar-refractivity contribution in [2.45, 2.75) is 31.0 Å². The minimum absolute atomic E-state index is 0.143. The Kier molecular flexibility index (Phi) is 3.42. The van der Waals surface area contributed by atoms with Crippen LogP contribution in [0.5, 0.6) is 5.75 Å². The maximum absolute atomic E-state index is 13.9. The Morgan fingerprint density at radius 3 is 2.80 bits per heavy atom. The molecule has 3 nitrogen and oxygen atoms in total. The monoisotopic (exact) mass is 367 g/mol. The third-order valence-corrected chi connectivity index (χ3v) is 4.60. The zero-order valence-corrected chi connectivity index (χ0v) is 12.3. The minimum Gasteiger partial charge on any atom is -0.484 e. The number of benzene rings is 1. The van der Waals surface area contributed by atoms with E-state index in [1.807, 2.05) is 0 Å². The van der Waals surface area contributed by atoms with Gasteiger partial charge in [0.25, 0.3) is 5.92 Å². The molecule has 0 unspecified atom stereocenters. The maximum atomic E-state index is 13.9. The number of fused-ring (bicyclic) bond motifs is 1. The number of rotatable bonds is 2. The Labute approximate surface area is 124 Å². The molecule has 108 valence electrons. The molecular weight excluding hydrogens is 359 g/mol. The van der Waals surface area contributed by atoms with Crippen molar-refractivity contribution in [1.29, 1.82) is 0 Å². The first-order valence-corrected chi connectivity index (χ1v) is 7.43. The summed E-state index contributed by atoms with van der Waals surface area (Å²) in [4.78, 5) is 4.06. The third-order valence-electron chi connectivity index (χ3n) is 3.13. The van der Waals surface area contributed by atoms with Crippen molar-refractivity contribution in [2.24, 2.45) is 0 Å². The SMILES string of the molecule is O[C@@H]1CC(F)(F)C[C@@H]1Oc1cc2sc(Br)nc2cc1F. The summed E-state index contributed by atoms with van der Waals surface area (Å²) in [6, 6.07) is 2.60. The van der Waals surface area contributed by atoms with E-state index < -0.39 is 36.8 Å². The van der Waals surface area contributed by atoms with E-state index in [-0.39, 0.29) is 5.75 Å². The summed E-state index contributed by atoms with van der Waals surface area (Å²) in [5, 5.41) is 9.55. The Morgan fingerprint density at radius 2 is 2.15 bits per heavy atom. The average Bonchev–Trinajstić information content (AvgIpc) is 2.78. The van der Waals surface area contributed by atoms with Crippen molar-refractivity contribution in [1.82, 2.24) is 4.98 Å². The number of nitrogens with zero attached hydrogens (tertiary/aromatic N) is 1. The normalized spacial score (nSPS) is 25.2. The van der Waals surface area contributed by atoms with Gasteiger partial charge in [0.05, 0.1) is 22.7 Å². The van der Waals surface area contributed by atoms with Gasteiger partial charge in [0.2, 0.25) is 0 Å². The second-order valence-corrected chi connectivity index (χ2v) is 7.01. The van der Waals surface area contributed by atoms with Crippen molar-refractivity contribution >= 4 is 37.5 Å². The van der Waals surface area contributed by atoms with Gasteiger partial charge < -0.3 is 9.84 Å². The molecule has 0 aliphatic heterocycles. The highest BCUT2D eigenvalue weighted by molar-refractivity contribution is 9.11. The van der Waals surface area contributed by atoms with Crippen molar-refractivity contribution < 1.29 is 23.0 Å². The Morgan fingerprint density at radius 1 is 1.40 bits per heavy atom. The van der Waals surface area contributed by atoms with Gasteiger partial charge in [-0.3, -0.25) is 0 Å². The first-order chi connectivity index (χ1) is 9.34. The summed E-state index contributed by atoms with van der Waals surface area (Å²) in [6.45, 7) is 0. The van der Waals surface area contributed by atoms with Crippen LogP contribution in [0.3, 0.4) is 0 Å². The van der Waals surface area contributed by atoms with Gasteiger partial charge in [-0.1, -0.05) is 0 Å². The van der Waals surface area contributed by atoms with Crippen LogP contribution in [-0.2, 0) is 0 Å². The first kappa shape index (κ1) is 14.1. The van der Waals surface area contributed by atoms with E-state index in [4.69, 9.17) is 4.74 Å². The van der Waals surface area contributed by atoms with Gasteiger partial charge in [0, 0.05) is 18.6 Å². The summed E-state index contributed by atoms with van der Waals surface area (Å²) in [5.41, 5.74) is 0.462. The van der Waals surface area contributed by atoms with E-state index in [0.717, 1.165) is 0 Å². The summed E-state index contributed by atoms with van der Waals surface area (Å²) in [7, 11) is 0. The number of hydrogen-bond donors (Lipinski definition) is 1. The molecule has 3 rings (SSSR count). The lowest BCUT2D eigenvalue weighted by Gasteiger charge is -2.17. The van der Waals surface area contributed by atoms with Gasteiger partial charge in [-0.15, -0.1) is 11.3 Å². The third kappa shape index (κ3) is 2.64. The lowest BCUT2D eigenvalue weighted by atomic mass is 10.2. The number of thiazole rings is 1. The molecule has 0 spiro atoms. The molecule has 1 heterocycles. The van der Waals surface area contributed by atoms with Crippen LogP contribution in [0.1, 0.15) is 12.8 Å². The molecular formula is C12H9BrF3NO2S. The van der Waals surface area contributed by atoms with Crippen molar-refractivity contribution in [2.75, 3.05) is 0 Å². The van der Waals surface area contributed by atoms with Gasteiger partial charge in [0.1, 0.15) is 6.10 Å². The number of aliphatic hydroxyl groups is 1. The summed E-state index contributed by atoms with van der Waals surface area (Å²) in [6.07, 6.45) is -3.67. The van der Waals surface area contributed by atoms with Crippen molar-refractivity contribution in [3.63, 3.8) is 0 Å². The Bertz CT molecular complexity index is 663. The topological polar surface area (TPSA) is 42.4 Å². The highest BCUT2D eigenvalue weighted by Crippen LogP contribution is 2.38. The summed E-state index contributed by atoms with van der Waals surface area (Å²) >= 11 is 4.47. The number of halogens is 4. The molecule has 0 radical (unpaired) electrons. The van der Waals surface area contributed by atoms with Crippen LogP contribution in [0, 0.1) is 5.82 Å². The summed E-state index contributed by atoms with van der Waals surface area (Å²) in [5.74, 6) is -3.80. The zero-order valence-electron chi connectivity index (χ0n) is 9.95. The second-order valence-electron chi connectivity index (χ2n) is 4.71. The molecule has 1 saturated carbocycles. The highest BCUT2D eigenvalue weighted by Gasteiger charge is 2.47. The molecule has 8 heteroatoms. The van der Waals surface area contributed by atoms with Crippen LogP contribution in [0.15, 0.2) is 16.0 Å². The number of aromatic nitrogens is 1. The number of aliphatic hydroxyl groups excluding tert-OH is 1. The van der Waals surface area contributed by atoms with Gasteiger partial charge in [0.15, 0.2) is 15.5 Å². The summed E-state index contributed by atoms with van der Waals surface area (Å²) < 4.78 is 46.7. The zero-order chi connectivity index (χ0) is 14.5. The molecule has 1 N–H and O–H groups in total. The van der Waals surface area contributed by atoms with Crippen LogP contribution < -0.4 is 4.74 Å². The van der Waals surface area contributed by atoms with E-state index in [9.17, 15) is 18.3 Å². The molecule has 20 heavy (non-hydrogen) atoms. The molecule has 0 saturated heterocycles. The Balaban J connectivity index is 1.89. The number of alkyl halides is 2. The fourth-order valence-electron chi connectivity index (χ4n) is 2.23. The van der Waals surface area contributed by atoms with Gasteiger partial charge >= 0.3 is 0 Å². The predicted molar refractivity (Wildman–Crippen MR) is 71.9 cm³/mol. The van der Waals surface area contributed by atoms with Crippen LogP contribution in [0.25, 0.3) is 10.2 Å². The minimum atomic E-state index is -2.97. The van der Waals surface area contributed by atoms with E-state index in [0.29, 0.717) is 14.1 Å². The maximum Gasteiger partial charge on any atom is 0.254 e.